The van der Waals surface area contributed by atoms with E-state index in [2.05, 4.69) is 4.98 Å². The Morgan fingerprint density at radius 1 is 1.38 bits per heavy atom. The number of aryl methyl sites for hydroxylation is 2. The highest BCUT2D eigenvalue weighted by molar-refractivity contribution is 7.38. The Morgan fingerprint density at radius 3 is 2.62 bits per heavy atom. The van der Waals surface area contributed by atoms with Crippen LogP contribution in [0.1, 0.15) is 20.2 Å². The van der Waals surface area contributed by atoms with Crippen LogP contribution < -0.4 is 0 Å². The maximum absolute atomic E-state index is 10.8. The van der Waals surface area contributed by atoms with Gasteiger partial charge in [-0.05, 0) is 13.8 Å². The van der Waals surface area contributed by atoms with Crippen molar-refractivity contribution in [2.24, 2.45) is 0 Å². The summed E-state index contributed by atoms with van der Waals surface area (Å²) in [4.78, 5) is 15.5. The average Bonchev–Trinajstić information content (AvgIpc) is 2.51. The van der Waals surface area contributed by atoms with Gasteiger partial charge in [-0.25, -0.2) is 9.78 Å². The molecule has 0 radical (unpaired) electrons. The van der Waals surface area contributed by atoms with Gasteiger partial charge in [-0.15, -0.1) is 22.7 Å². The molecule has 0 aliphatic heterocycles. The SMILES string of the molecule is Cc1nc2c(C)c(C(=O)O)sc2s1. The van der Waals surface area contributed by atoms with E-state index in [1.54, 1.807) is 18.3 Å². The summed E-state index contributed by atoms with van der Waals surface area (Å²) in [6.07, 6.45) is 0. The predicted molar refractivity (Wildman–Crippen MR) is 53.9 cm³/mol. The van der Waals surface area contributed by atoms with Gasteiger partial charge in [-0.2, -0.15) is 0 Å². The van der Waals surface area contributed by atoms with E-state index < -0.39 is 5.97 Å². The molecule has 0 aromatic carbocycles. The molecule has 1 N–H and O–H groups in total. The zero-order valence-electron chi connectivity index (χ0n) is 7.12. The zero-order chi connectivity index (χ0) is 9.59. The van der Waals surface area contributed by atoms with E-state index in [-0.39, 0.29) is 0 Å². The molecule has 0 spiro atoms. The lowest BCUT2D eigenvalue weighted by Gasteiger charge is -1.88. The molecule has 2 heterocycles. The third-order valence-corrected chi connectivity index (χ3v) is 4.12. The number of hydrogen-bond donors (Lipinski definition) is 1. The van der Waals surface area contributed by atoms with Gasteiger partial charge >= 0.3 is 5.97 Å². The Hall–Kier alpha value is -0.940. The fraction of sp³-hybridized carbons (Fsp3) is 0.250. The molecule has 0 bridgehead atoms. The number of carboxylic acid groups (broad SMARTS) is 1. The van der Waals surface area contributed by atoms with E-state index in [0.29, 0.717) is 4.88 Å². The zero-order valence-corrected chi connectivity index (χ0v) is 8.75. The summed E-state index contributed by atoms with van der Waals surface area (Å²) in [6, 6.07) is 0. The number of carboxylic acids is 1. The van der Waals surface area contributed by atoms with Gasteiger partial charge in [0.1, 0.15) is 8.89 Å². The van der Waals surface area contributed by atoms with Gasteiger partial charge in [-0.3, -0.25) is 0 Å². The Morgan fingerprint density at radius 2 is 2.08 bits per heavy atom. The number of thiophene rings is 1. The van der Waals surface area contributed by atoms with E-state index >= 15 is 0 Å². The molecule has 0 aliphatic rings. The topological polar surface area (TPSA) is 50.2 Å². The molecular formula is C8H7NO2S2. The molecule has 0 saturated heterocycles. The van der Waals surface area contributed by atoms with Crippen LogP contribution in [0.15, 0.2) is 0 Å². The van der Waals surface area contributed by atoms with Crippen LogP contribution in [-0.4, -0.2) is 16.1 Å². The van der Waals surface area contributed by atoms with E-state index in [9.17, 15) is 4.79 Å². The summed E-state index contributed by atoms with van der Waals surface area (Å²) in [5.41, 5.74) is 1.64. The highest BCUT2D eigenvalue weighted by Gasteiger charge is 2.16. The molecule has 0 amide bonds. The Kier molecular flexibility index (Phi) is 1.85. The smallest absolute Gasteiger partial charge is 0.346 e. The third-order valence-electron chi connectivity index (χ3n) is 1.79. The second-order valence-corrected chi connectivity index (χ2v) is 5.21. The number of thiazole rings is 1. The van der Waals surface area contributed by atoms with Crippen molar-refractivity contribution in [1.82, 2.24) is 4.98 Å². The van der Waals surface area contributed by atoms with Crippen molar-refractivity contribution in [3.8, 4) is 0 Å². The lowest BCUT2D eigenvalue weighted by atomic mass is 10.3. The van der Waals surface area contributed by atoms with Gasteiger partial charge < -0.3 is 5.11 Å². The quantitative estimate of drug-likeness (QED) is 0.792. The molecule has 2 aromatic heterocycles. The minimum Gasteiger partial charge on any atom is -0.477 e. The first-order chi connectivity index (χ1) is 6.09. The van der Waals surface area contributed by atoms with Gasteiger partial charge in [0.15, 0.2) is 0 Å². The minimum absolute atomic E-state index is 0.411. The molecule has 2 rings (SSSR count). The number of fused-ring (bicyclic) bond motifs is 1. The van der Waals surface area contributed by atoms with Crippen LogP contribution in [0.5, 0.6) is 0 Å². The summed E-state index contributed by atoms with van der Waals surface area (Å²) in [5, 5.41) is 9.83. The Balaban J connectivity index is 2.76. The standard InChI is InChI=1S/C8H7NO2S2/c1-3-5-8(12-4(2)9-5)13-6(3)7(10)11/h1-2H3,(H,10,11). The largest absolute Gasteiger partial charge is 0.477 e. The van der Waals surface area contributed by atoms with Gasteiger partial charge in [0, 0.05) is 5.56 Å². The van der Waals surface area contributed by atoms with Crippen molar-refractivity contribution in [3.05, 3.63) is 15.4 Å². The van der Waals surface area contributed by atoms with Crippen molar-refractivity contribution < 1.29 is 9.90 Å². The predicted octanol–water partition coefficient (Wildman–Crippen LogP) is 2.67. The molecule has 0 aliphatic carbocycles. The normalized spacial score (nSPS) is 10.9. The van der Waals surface area contributed by atoms with Crippen LogP contribution in [0.25, 0.3) is 9.53 Å². The lowest BCUT2D eigenvalue weighted by molar-refractivity contribution is 0.0701. The van der Waals surface area contributed by atoms with Crippen molar-refractivity contribution >= 4 is 38.2 Å². The Bertz CT molecular complexity index is 484. The molecular weight excluding hydrogens is 206 g/mol. The molecule has 3 nitrogen and oxygen atoms in total. The van der Waals surface area contributed by atoms with Crippen LogP contribution in [-0.2, 0) is 0 Å². The van der Waals surface area contributed by atoms with Crippen molar-refractivity contribution in [2.45, 2.75) is 13.8 Å². The van der Waals surface area contributed by atoms with Crippen molar-refractivity contribution in [1.29, 1.82) is 0 Å². The summed E-state index contributed by atoms with van der Waals surface area (Å²) in [7, 11) is 0. The number of nitrogens with zero attached hydrogens (tertiary/aromatic N) is 1. The highest BCUT2D eigenvalue weighted by Crippen LogP contribution is 2.34. The first-order valence-electron chi connectivity index (χ1n) is 3.69. The number of rotatable bonds is 1. The van der Waals surface area contributed by atoms with Gasteiger partial charge in [0.2, 0.25) is 0 Å². The molecule has 2 aromatic rings. The molecule has 68 valence electrons. The highest BCUT2D eigenvalue weighted by atomic mass is 32.2. The van der Waals surface area contributed by atoms with Gasteiger partial charge in [-0.1, -0.05) is 0 Å². The second kappa shape index (κ2) is 2.78. The first-order valence-corrected chi connectivity index (χ1v) is 5.32. The van der Waals surface area contributed by atoms with E-state index in [1.165, 1.54) is 11.3 Å². The van der Waals surface area contributed by atoms with E-state index in [4.69, 9.17) is 5.11 Å². The molecule has 0 atom stereocenters. The fourth-order valence-electron chi connectivity index (χ4n) is 1.20. The van der Waals surface area contributed by atoms with Crippen LogP contribution in [0, 0.1) is 13.8 Å². The summed E-state index contributed by atoms with van der Waals surface area (Å²) < 4.78 is 1.01. The number of aromatic nitrogens is 1. The van der Waals surface area contributed by atoms with Crippen LogP contribution >= 0.6 is 22.7 Å². The van der Waals surface area contributed by atoms with E-state index in [0.717, 1.165) is 20.1 Å². The maximum Gasteiger partial charge on any atom is 0.346 e. The first kappa shape index (κ1) is 8.65. The fourth-order valence-corrected chi connectivity index (χ4v) is 3.49. The average molecular weight is 213 g/mol. The van der Waals surface area contributed by atoms with Crippen LogP contribution in [0.4, 0.5) is 0 Å². The summed E-state index contributed by atoms with van der Waals surface area (Å²) >= 11 is 2.86. The summed E-state index contributed by atoms with van der Waals surface area (Å²) in [6.45, 7) is 3.73. The van der Waals surface area contributed by atoms with Gasteiger partial charge in [0.25, 0.3) is 0 Å². The Labute approximate surface area is 82.7 Å². The molecule has 5 heteroatoms. The number of carbonyl (C=O) groups is 1. The summed E-state index contributed by atoms with van der Waals surface area (Å²) in [5.74, 6) is -0.856. The van der Waals surface area contributed by atoms with Crippen molar-refractivity contribution in [2.75, 3.05) is 0 Å². The van der Waals surface area contributed by atoms with Crippen molar-refractivity contribution in [3.63, 3.8) is 0 Å². The third kappa shape index (κ3) is 1.24. The lowest BCUT2D eigenvalue weighted by Crippen LogP contribution is -1.93. The number of aromatic carboxylic acids is 1. The molecule has 13 heavy (non-hydrogen) atoms. The minimum atomic E-state index is -0.856. The molecule has 0 saturated carbocycles. The monoisotopic (exact) mass is 213 g/mol. The molecule has 0 unspecified atom stereocenters. The number of hydrogen-bond acceptors (Lipinski definition) is 4. The second-order valence-electron chi connectivity index (χ2n) is 2.73. The maximum atomic E-state index is 10.8. The molecule has 0 fully saturated rings. The van der Waals surface area contributed by atoms with Gasteiger partial charge in [0.05, 0.1) is 10.5 Å². The van der Waals surface area contributed by atoms with Crippen LogP contribution in [0.2, 0.25) is 0 Å². The van der Waals surface area contributed by atoms with Crippen LogP contribution in [0.3, 0.4) is 0 Å². The van der Waals surface area contributed by atoms with E-state index in [1.807, 2.05) is 6.92 Å².